The van der Waals surface area contributed by atoms with E-state index >= 15 is 0 Å². The zero-order valence-electron chi connectivity index (χ0n) is 22.1. The standard InChI is InChI=1S/C30H52O2/c1-21(2)8-7-9-22(3)26-12-13-27-25-11-10-23-20-24(32-19-18-31-6)14-16-29(23,4)28(25)15-17-30(26,27)5/h10,21-22,24-28H,7-9,11-20H2,1-6H3/t22-,24+,25+,26-,27+,28+,29+,30-/m1/s1. The maximum Gasteiger partial charge on any atom is 0.0704 e. The molecule has 3 fully saturated rings. The van der Waals surface area contributed by atoms with E-state index in [4.69, 9.17) is 9.47 Å². The zero-order chi connectivity index (χ0) is 22.9. The van der Waals surface area contributed by atoms with Gasteiger partial charge in [0.2, 0.25) is 0 Å². The SMILES string of the molecule is COCCO[C@H]1CC[C@@]2(C)C(=CC[C@H]3[C@@H]4CC[C@H]([C@H](C)CCCC(C)C)[C@@]4(C)CC[C@@H]32)C1. The van der Waals surface area contributed by atoms with Crippen LogP contribution in [-0.4, -0.2) is 26.4 Å². The minimum Gasteiger partial charge on any atom is -0.382 e. The van der Waals surface area contributed by atoms with Crippen molar-refractivity contribution in [2.75, 3.05) is 20.3 Å². The topological polar surface area (TPSA) is 18.5 Å². The van der Waals surface area contributed by atoms with Gasteiger partial charge in [0, 0.05) is 7.11 Å². The Labute approximate surface area is 199 Å². The predicted molar refractivity (Wildman–Crippen MR) is 135 cm³/mol. The van der Waals surface area contributed by atoms with E-state index in [9.17, 15) is 0 Å². The summed E-state index contributed by atoms with van der Waals surface area (Å²) in [5, 5.41) is 0. The van der Waals surface area contributed by atoms with Crippen molar-refractivity contribution in [2.24, 2.45) is 46.3 Å². The number of ether oxygens (including phenoxy) is 2. The summed E-state index contributed by atoms with van der Waals surface area (Å²) in [6.45, 7) is 14.2. The number of rotatable bonds is 9. The molecule has 8 atom stereocenters. The van der Waals surface area contributed by atoms with Crippen molar-refractivity contribution < 1.29 is 9.47 Å². The molecule has 4 aliphatic carbocycles. The fourth-order valence-electron chi connectivity index (χ4n) is 9.09. The summed E-state index contributed by atoms with van der Waals surface area (Å²) < 4.78 is 11.4. The summed E-state index contributed by atoms with van der Waals surface area (Å²) in [6, 6.07) is 0. The van der Waals surface area contributed by atoms with Gasteiger partial charge in [-0.1, -0.05) is 65.5 Å². The normalized spacial score (nSPS) is 42.2. The van der Waals surface area contributed by atoms with E-state index < -0.39 is 0 Å². The zero-order valence-corrected chi connectivity index (χ0v) is 22.1. The fourth-order valence-corrected chi connectivity index (χ4v) is 9.09. The van der Waals surface area contributed by atoms with Gasteiger partial charge < -0.3 is 9.47 Å². The van der Waals surface area contributed by atoms with Crippen molar-refractivity contribution in [2.45, 2.75) is 111 Å². The highest BCUT2D eigenvalue weighted by atomic mass is 16.5. The summed E-state index contributed by atoms with van der Waals surface area (Å²) in [7, 11) is 1.77. The van der Waals surface area contributed by atoms with Gasteiger partial charge in [-0.25, -0.2) is 0 Å². The minimum atomic E-state index is 0.414. The fraction of sp³-hybridized carbons (Fsp3) is 0.933. The Bertz CT molecular complexity index is 653. The molecular formula is C30H52O2. The second-order valence-corrected chi connectivity index (χ2v) is 13.0. The molecule has 184 valence electrons. The van der Waals surface area contributed by atoms with Crippen LogP contribution in [0.25, 0.3) is 0 Å². The number of fused-ring (bicyclic) bond motifs is 5. The first-order chi connectivity index (χ1) is 15.3. The van der Waals surface area contributed by atoms with E-state index in [0.29, 0.717) is 16.9 Å². The van der Waals surface area contributed by atoms with Crippen molar-refractivity contribution in [1.82, 2.24) is 0 Å². The Hall–Kier alpha value is -0.340. The summed E-state index contributed by atoms with van der Waals surface area (Å²) in [5.74, 6) is 5.53. The predicted octanol–water partition coefficient (Wildman–Crippen LogP) is 8.06. The molecule has 3 saturated carbocycles. The second kappa shape index (κ2) is 10.1. The van der Waals surface area contributed by atoms with Crippen molar-refractivity contribution >= 4 is 0 Å². The Kier molecular flexibility index (Phi) is 7.82. The molecule has 0 aromatic carbocycles. The molecule has 0 radical (unpaired) electrons. The molecule has 0 spiro atoms. The highest BCUT2D eigenvalue weighted by Crippen LogP contribution is 2.67. The van der Waals surface area contributed by atoms with Gasteiger partial charge >= 0.3 is 0 Å². The van der Waals surface area contributed by atoms with Crippen LogP contribution in [0.4, 0.5) is 0 Å². The smallest absolute Gasteiger partial charge is 0.0704 e. The third-order valence-corrected chi connectivity index (χ3v) is 10.9. The van der Waals surface area contributed by atoms with Crippen LogP contribution in [0.3, 0.4) is 0 Å². The van der Waals surface area contributed by atoms with Gasteiger partial charge in [0.25, 0.3) is 0 Å². The summed E-state index contributed by atoms with van der Waals surface area (Å²) >= 11 is 0. The first-order valence-electron chi connectivity index (χ1n) is 14.1. The number of allylic oxidation sites excluding steroid dienone is 1. The molecule has 2 nitrogen and oxygen atoms in total. The molecule has 2 heteroatoms. The monoisotopic (exact) mass is 444 g/mol. The van der Waals surface area contributed by atoms with E-state index in [-0.39, 0.29) is 0 Å². The molecule has 4 rings (SSSR count). The molecule has 0 saturated heterocycles. The van der Waals surface area contributed by atoms with Gasteiger partial charge in [-0.2, -0.15) is 0 Å². The van der Waals surface area contributed by atoms with Gasteiger partial charge in [-0.15, -0.1) is 0 Å². The highest BCUT2D eigenvalue weighted by molar-refractivity contribution is 5.25. The van der Waals surface area contributed by atoms with E-state index in [0.717, 1.165) is 48.7 Å². The molecule has 4 aliphatic rings. The van der Waals surface area contributed by atoms with Crippen LogP contribution in [0.15, 0.2) is 11.6 Å². The van der Waals surface area contributed by atoms with Crippen LogP contribution in [0, 0.1) is 46.3 Å². The van der Waals surface area contributed by atoms with Gasteiger partial charge in [0.1, 0.15) is 0 Å². The molecule has 0 bridgehead atoms. The summed E-state index contributed by atoms with van der Waals surface area (Å²) in [4.78, 5) is 0. The van der Waals surface area contributed by atoms with Crippen LogP contribution < -0.4 is 0 Å². The lowest BCUT2D eigenvalue weighted by Crippen LogP contribution is -2.51. The Balaban J connectivity index is 1.42. The molecule has 0 aromatic rings. The number of hydrogen-bond acceptors (Lipinski definition) is 2. The Morgan fingerprint density at radius 3 is 2.53 bits per heavy atom. The van der Waals surface area contributed by atoms with E-state index in [1.54, 1.807) is 12.7 Å². The van der Waals surface area contributed by atoms with Crippen LogP contribution in [0.5, 0.6) is 0 Å². The van der Waals surface area contributed by atoms with Crippen molar-refractivity contribution in [3.8, 4) is 0 Å². The largest absolute Gasteiger partial charge is 0.382 e. The Morgan fingerprint density at radius 1 is 0.969 bits per heavy atom. The molecule has 0 unspecified atom stereocenters. The summed E-state index contributed by atoms with van der Waals surface area (Å²) in [6.07, 6.45) is 18.4. The number of hydrogen-bond donors (Lipinski definition) is 0. The maximum absolute atomic E-state index is 6.16. The van der Waals surface area contributed by atoms with Crippen molar-refractivity contribution in [3.05, 3.63) is 11.6 Å². The first kappa shape index (κ1) is 24.8. The first-order valence-corrected chi connectivity index (χ1v) is 14.1. The molecule has 32 heavy (non-hydrogen) atoms. The van der Waals surface area contributed by atoms with Gasteiger partial charge in [0.05, 0.1) is 19.3 Å². The molecule has 0 amide bonds. The lowest BCUT2D eigenvalue weighted by atomic mass is 9.47. The van der Waals surface area contributed by atoms with E-state index in [1.807, 2.05) is 0 Å². The lowest BCUT2D eigenvalue weighted by Gasteiger charge is -2.58. The maximum atomic E-state index is 6.16. The van der Waals surface area contributed by atoms with Gasteiger partial charge in [-0.3, -0.25) is 0 Å². The van der Waals surface area contributed by atoms with Crippen LogP contribution >= 0.6 is 0 Å². The summed E-state index contributed by atoms with van der Waals surface area (Å²) in [5.41, 5.74) is 2.78. The van der Waals surface area contributed by atoms with Crippen LogP contribution in [0.1, 0.15) is 105 Å². The van der Waals surface area contributed by atoms with Gasteiger partial charge in [-0.05, 0) is 97.7 Å². The third-order valence-electron chi connectivity index (χ3n) is 10.9. The third kappa shape index (κ3) is 4.61. The van der Waals surface area contributed by atoms with Crippen LogP contribution in [0.2, 0.25) is 0 Å². The molecule has 0 heterocycles. The lowest BCUT2D eigenvalue weighted by molar-refractivity contribution is -0.0667. The van der Waals surface area contributed by atoms with Crippen molar-refractivity contribution in [3.63, 3.8) is 0 Å². The quantitative estimate of drug-likeness (QED) is 0.264. The minimum absolute atomic E-state index is 0.414. The van der Waals surface area contributed by atoms with Crippen molar-refractivity contribution in [1.29, 1.82) is 0 Å². The molecule has 0 aliphatic heterocycles. The molecule has 0 N–H and O–H groups in total. The second-order valence-electron chi connectivity index (χ2n) is 13.0. The Morgan fingerprint density at radius 2 is 1.78 bits per heavy atom. The van der Waals surface area contributed by atoms with Crippen LogP contribution in [-0.2, 0) is 9.47 Å². The van der Waals surface area contributed by atoms with E-state index in [1.165, 1.54) is 70.6 Å². The molecular weight excluding hydrogens is 392 g/mol. The number of methoxy groups -OCH3 is 1. The van der Waals surface area contributed by atoms with E-state index in [2.05, 4.69) is 40.7 Å². The average molecular weight is 445 g/mol. The average Bonchev–Trinajstić information content (AvgIpc) is 3.11. The van der Waals surface area contributed by atoms with Gasteiger partial charge in [0.15, 0.2) is 0 Å². The molecule has 0 aromatic heterocycles. The highest BCUT2D eigenvalue weighted by Gasteiger charge is 2.59.